The van der Waals surface area contributed by atoms with Crippen LogP contribution in [0.25, 0.3) is 5.65 Å². The van der Waals surface area contributed by atoms with E-state index in [0.717, 1.165) is 5.69 Å². The van der Waals surface area contributed by atoms with Gasteiger partial charge in [-0.3, -0.25) is 4.40 Å². The first-order valence-electron chi connectivity index (χ1n) is 4.91. The van der Waals surface area contributed by atoms with Gasteiger partial charge in [0.25, 0.3) is 0 Å². The second-order valence-corrected chi connectivity index (χ2v) is 3.33. The minimum absolute atomic E-state index is 0.237. The fourth-order valence-corrected chi connectivity index (χ4v) is 1.44. The van der Waals surface area contributed by atoms with Gasteiger partial charge < -0.3 is 10.5 Å². The van der Waals surface area contributed by atoms with Crippen LogP contribution in [0.1, 0.15) is 23.1 Å². The highest BCUT2D eigenvalue weighted by molar-refractivity contribution is 5.88. The molecule has 0 fully saturated rings. The van der Waals surface area contributed by atoms with E-state index in [2.05, 4.69) is 9.97 Å². The summed E-state index contributed by atoms with van der Waals surface area (Å²) in [6, 6.07) is 1.75. The zero-order valence-corrected chi connectivity index (χ0v) is 9.10. The molecule has 2 aromatic heterocycles. The lowest BCUT2D eigenvalue weighted by Crippen LogP contribution is -2.04. The van der Waals surface area contributed by atoms with Crippen LogP contribution < -0.4 is 5.73 Å². The molecule has 0 spiro atoms. The predicted octanol–water partition coefficient (Wildman–Crippen LogP) is 0.797. The van der Waals surface area contributed by atoms with Crippen LogP contribution in [0.5, 0.6) is 0 Å². The standard InChI is InChI=1S/C10H12N4O2/c1-3-16-9(15)7-5-14-8(13-7)4-6(2)12-10(14)11/h4-5H,3H2,1-2H3,(H2,11,12). The zero-order chi connectivity index (χ0) is 11.7. The van der Waals surface area contributed by atoms with E-state index in [1.54, 1.807) is 17.4 Å². The first-order valence-corrected chi connectivity index (χ1v) is 4.91. The van der Waals surface area contributed by atoms with Crippen molar-refractivity contribution in [3.8, 4) is 0 Å². The second kappa shape index (κ2) is 3.80. The molecule has 84 valence electrons. The summed E-state index contributed by atoms with van der Waals surface area (Å²) in [5.41, 5.74) is 7.29. The van der Waals surface area contributed by atoms with Crippen LogP contribution in [0.15, 0.2) is 12.3 Å². The lowest BCUT2D eigenvalue weighted by Gasteiger charge is -1.98. The monoisotopic (exact) mass is 220 g/mol. The van der Waals surface area contributed by atoms with E-state index in [1.165, 1.54) is 6.20 Å². The number of hydrogen-bond donors (Lipinski definition) is 1. The Labute approximate surface area is 92.1 Å². The van der Waals surface area contributed by atoms with E-state index < -0.39 is 5.97 Å². The molecule has 0 aliphatic carbocycles. The van der Waals surface area contributed by atoms with Gasteiger partial charge in [0, 0.05) is 18.0 Å². The normalized spacial score (nSPS) is 10.6. The maximum absolute atomic E-state index is 11.5. The molecule has 6 nitrogen and oxygen atoms in total. The molecular weight excluding hydrogens is 208 g/mol. The van der Waals surface area contributed by atoms with E-state index in [1.807, 2.05) is 6.92 Å². The molecule has 0 amide bonds. The van der Waals surface area contributed by atoms with E-state index in [9.17, 15) is 4.79 Å². The number of aromatic nitrogens is 3. The Kier molecular flexibility index (Phi) is 2.47. The molecule has 2 rings (SSSR count). The number of ether oxygens (including phenoxy) is 1. The van der Waals surface area contributed by atoms with Crippen LogP contribution in [-0.2, 0) is 4.74 Å². The number of fused-ring (bicyclic) bond motifs is 1. The Hall–Kier alpha value is -2.11. The highest BCUT2D eigenvalue weighted by atomic mass is 16.5. The maximum Gasteiger partial charge on any atom is 0.358 e. The average Bonchev–Trinajstić information content (AvgIpc) is 2.62. The average molecular weight is 220 g/mol. The van der Waals surface area contributed by atoms with Crippen LogP contribution in [0.2, 0.25) is 0 Å². The number of nitrogens with two attached hydrogens (primary N) is 1. The summed E-state index contributed by atoms with van der Waals surface area (Å²) in [4.78, 5) is 19.6. The lowest BCUT2D eigenvalue weighted by atomic mass is 10.4. The number of aryl methyl sites for hydroxylation is 1. The molecule has 2 heterocycles. The Bertz CT molecular complexity index is 547. The molecular formula is C10H12N4O2. The third-order valence-corrected chi connectivity index (χ3v) is 2.09. The van der Waals surface area contributed by atoms with E-state index in [4.69, 9.17) is 10.5 Å². The molecule has 6 heteroatoms. The number of rotatable bonds is 2. The molecule has 0 aliphatic rings. The van der Waals surface area contributed by atoms with Crippen molar-refractivity contribution in [1.82, 2.24) is 14.4 Å². The van der Waals surface area contributed by atoms with Crippen molar-refractivity contribution in [2.45, 2.75) is 13.8 Å². The summed E-state index contributed by atoms with van der Waals surface area (Å²) in [5.74, 6) is -0.152. The van der Waals surface area contributed by atoms with Crippen LogP contribution in [0.4, 0.5) is 5.95 Å². The number of carbonyl (C=O) groups is 1. The van der Waals surface area contributed by atoms with Crippen molar-refractivity contribution < 1.29 is 9.53 Å². The molecule has 2 aromatic rings. The molecule has 0 aromatic carbocycles. The summed E-state index contributed by atoms with van der Waals surface area (Å²) in [6.45, 7) is 3.88. The number of esters is 1. The maximum atomic E-state index is 11.5. The minimum Gasteiger partial charge on any atom is -0.461 e. The van der Waals surface area contributed by atoms with Gasteiger partial charge in [-0.25, -0.2) is 14.8 Å². The quantitative estimate of drug-likeness (QED) is 0.757. The Morgan fingerprint density at radius 1 is 1.56 bits per heavy atom. The highest BCUT2D eigenvalue weighted by Crippen LogP contribution is 2.11. The molecule has 0 bridgehead atoms. The molecule has 0 saturated carbocycles. The van der Waals surface area contributed by atoms with Gasteiger partial charge in [0.05, 0.1) is 6.61 Å². The molecule has 2 N–H and O–H groups in total. The zero-order valence-electron chi connectivity index (χ0n) is 9.10. The molecule has 16 heavy (non-hydrogen) atoms. The van der Waals surface area contributed by atoms with Crippen LogP contribution in [0.3, 0.4) is 0 Å². The summed E-state index contributed by atoms with van der Waals surface area (Å²) >= 11 is 0. The van der Waals surface area contributed by atoms with E-state index in [0.29, 0.717) is 18.2 Å². The summed E-state index contributed by atoms with van der Waals surface area (Å²) in [6.07, 6.45) is 1.52. The van der Waals surface area contributed by atoms with Gasteiger partial charge in [-0.1, -0.05) is 0 Å². The smallest absolute Gasteiger partial charge is 0.358 e. The van der Waals surface area contributed by atoms with Crippen molar-refractivity contribution >= 4 is 17.6 Å². The van der Waals surface area contributed by atoms with Gasteiger partial charge in [0.2, 0.25) is 5.95 Å². The van der Waals surface area contributed by atoms with Gasteiger partial charge in [-0.2, -0.15) is 0 Å². The fraction of sp³-hybridized carbons (Fsp3) is 0.300. The van der Waals surface area contributed by atoms with Gasteiger partial charge in [0.1, 0.15) is 5.65 Å². The van der Waals surface area contributed by atoms with Gasteiger partial charge in [0.15, 0.2) is 5.69 Å². The summed E-state index contributed by atoms with van der Waals surface area (Å²) in [7, 11) is 0. The second-order valence-electron chi connectivity index (χ2n) is 3.33. The first-order chi connectivity index (χ1) is 7.61. The Morgan fingerprint density at radius 3 is 3.00 bits per heavy atom. The number of imidazole rings is 1. The van der Waals surface area contributed by atoms with E-state index >= 15 is 0 Å². The van der Waals surface area contributed by atoms with Gasteiger partial charge >= 0.3 is 5.97 Å². The van der Waals surface area contributed by atoms with Gasteiger partial charge in [-0.15, -0.1) is 0 Å². The molecule has 0 radical (unpaired) electrons. The third-order valence-electron chi connectivity index (χ3n) is 2.09. The summed E-state index contributed by atoms with van der Waals surface area (Å²) < 4.78 is 6.41. The predicted molar refractivity (Wildman–Crippen MR) is 58.1 cm³/mol. The number of hydrogen-bond acceptors (Lipinski definition) is 5. The lowest BCUT2D eigenvalue weighted by molar-refractivity contribution is 0.0520. The number of nitrogen functional groups attached to an aromatic ring is 1. The van der Waals surface area contributed by atoms with Crippen molar-refractivity contribution in [3.63, 3.8) is 0 Å². The van der Waals surface area contributed by atoms with Crippen LogP contribution in [0, 0.1) is 6.92 Å². The fourth-order valence-electron chi connectivity index (χ4n) is 1.44. The molecule has 0 saturated heterocycles. The first kappa shape index (κ1) is 10.4. The van der Waals surface area contributed by atoms with Gasteiger partial charge in [-0.05, 0) is 13.8 Å². The number of nitrogens with zero attached hydrogens (tertiary/aromatic N) is 3. The molecule has 0 aliphatic heterocycles. The number of anilines is 1. The molecule has 0 atom stereocenters. The Balaban J connectivity index is 2.51. The molecule has 0 unspecified atom stereocenters. The topological polar surface area (TPSA) is 82.5 Å². The van der Waals surface area contributed by atoms with Crippen LogP contribution in [-0.4, -0.2) is 26.9 Å². The largest absolute Gasteiger partial charge is 0.461 e. The Morgan fingerprint density at radius 2 is 2.31 bits per heavy atom. The highest BCUT2D eigenvalue weighted by Gasteiger charge is 2.13. The third kappa shape index (κ3) is 1.69. The van der Waals surface area contributed by atoms with Crippen molar-refractivity contribution in [3.05, 3.63) is 23.7 Å². The van der Waals surface area contributed by atoms with Crippen molar-refractivity contribution in [2.24, 2.45) is 0 Å². The SMILES string of the molecule is CCOC(=O)c1cn2c(N)nc(C)cc2n1. The van der Waals surface area contributed by atoms with Crippen molar-refractivity contribution in [1.29, 1.82) is 0 Å². The number of carbonyl (C=O) groups excluding carboxylic acids is 1. The summed E-state index contributed by atoms with van der Waals surface area (Å²) in [5, 5.41) is 0. The van der Waals surface area contributed by atoms with Crippen LogP contribution >= 0.6 is 0 Å². The van der Waals surface area contributed by atoms with E-state index in [-0.39, 0.29) is 5.69 Å². The minimum atomic E-state index is -0.455. The van der Waals surface area contributed by atoms with Crippen molar-refractivity contribution in [2.75, 3.05) is 12.3 Å².